The second kappa shape index (κ2) is 12.3. The van der Waals surface area contributed by atoms with E-state index in [0.29, 0.717) is 31.2 Å². The van der Waals surface area contributed by atoms with Gasteiger partial charge in [0.2, 0.25) is 5.91 Å². The Morgan fingerprint density at radius 1 is 1.07 bits per heavy atom. The average Bonchev–Trinajstić information content (AvgIpc) is 2.68. The second-order valence-electron chi connectivity index (χ2n) is 5.76. The van der Waals surface area contributed by atoms with E-state index in [1.807, 2.05) is 37.3 Å². The van der Waals surface area contributed by atoms with Gasteiger partial charge in [-0.2, -0.15) is 0 Å². The molecule has 0 aliphatic heterocycles. The lowest BCUT2D eigenvalue weighted by Crippen LogP contribution is -2.44. The summed E-state index contributed by atoms with van der Waals surface area (Å²) in [6, 6.07) is 16.4. The van der Waals surface area contributed by atoms with Crippen LogP contribution in [0.15, 0.2) is 59.6 Å². The monoisotopic (exact) mass is 484 g/mol. The SMILES string of the molecule is CCN(Cc1ccccc1)C(=O)CNC(=NC)NCc1ccccc1F.I. The molecule has 146 valence electrons. The largest absolute Gasteiger partial charge is 0.352 e. The first-order valence-corrected chi connectivity index (χ1v) is 8.63. The van der Waals surface area contributed by atoms with Crippen molar-refractivity contribution in [3.63, 3.8) is 0 Å². The lowest BCUT2D eigenvalue weighted by Gasteiger charge is -2.22. The van der Waals surface area contributed by atoms with Crippen molar-refractivity contribution in [1.29, 1.82) is 0 Å². The van der Waals surface area contributed by atoms with E-state index in [2.05, 4.69) is 15.6 Å². The van der Waals surface area contributed by atoms with Crippen molar-refractivity contribution in [3.05, 3.63) is 71.5 Å². The normalized spacial score (nSPS) is 10.7. The van der Waals surface area contributed by atoms with Crippen molar-refractivity contribution < 1.29 is 9.18 Å². The Kier molecular flexibility index (Phi) is 10.4. The van der Waals surface area contributed by atoms with Gasteiger partial charge in [-0.3, -0.25) is 9.79 Å². The van der Waals surface area contributed by atoms with Crippen LogP contribution in [0.2, 0.25) is 0 Å². The number of nitrogens with one attached hydrogen (secondary N) is 2. The van der Waals surface area contributed by atoms with E-state index in [-0.39, 0.29) is 42.2 Å². The van der Waals surface area contributed by atoms with Gasteiger partial charge in [0, 0.05) is 32.2 Å². The van der Waals surface area contributed by atoms with Gasteiger partial charge in [0.25, 0.3) is 0 Å². The van der Waals surface area contributed by atoms with E-state index in [9.17, 15) is 9.18 Å². The molecular formula is C20H26FIN4O. The van der Waals surface area contributed by atoms with Gasteiger partial charge in [-0.1, -0.05) is 48.5 Å². The lowest BCUT2D eigenvalue weighted by atomic mass is 10.2. The number of likely N-dealkylation sites (N-methyl/N-ethyl adjacent to an activating group) is 1. The molecule has 0 aromatic heterocycles. The highest BCUT2D eigenvalue weighted by Gasteiger charge is 2.12. The number of benzene rings is 2. The summed E-state index contributed by atoms with van der Waals surface area (Å²) in [5, 5.41) is 6.00. The molecule has 0 fully saturated rings. The van der Waals surface area contributed by atoms with Gasteiger partial charge in [0.05, 0.1) is 6.54 Å². The van der Waals surface area contributed by atoms with Crippen molar-refractivity contribution in [2.45, 2.75) is 20.0 Å². The Morgan fingerprint density at radius 3 is 2.37 bits per heavy atom. The third-order valence-corrected chi connectivity index (χ3v) is 3.99. The molecule has 0 unspecified atom stereocenters. The van der Waals surface area contributed by atoms with Crippen LogP contribution in [-0.2, 0) is 17.9 Å². The minimum Gasteiger partial charge on any atom is -0.352 e. The number of aliphatic imine (C=N–C) groups is 1. The third kappa shape index (κ3) is 7.54. The fraction of sp³-hybridized carbons (Fsp3) is 0.300. The maximum absolute atomic E-state index is 13.7. The zero-order chi connectivity index (χ0) is 18.8. The fourth-order valence-electron chi connectivity index (χ4n) is 2.49. The van der Waals surface area contributed by atoms with Crippen LogP contribution in [0, 0.1) is 5.82 Å². The van der Waals surface area contributed by atoms with Gasteiger partial charge in [-0.25, -0.2) is 4.39 Å². The molecule has 0 saturated carbocycles. The summed E-state index contributed by atoms with van der Waals surface area (Å²) in [5.74, 6) is 0.161. The Morgan fingerprint density at radius 2 is 1.74 bits per heavy atom. The van der Waals surface area contributed by atoms with E-state index in [0.717, 1.165) is 5.56 Å². The average molecular weight is 484 g/mol. The summed E-state index contributed by atoms with van der Waals surface area (Å²) in [4.78, 5) is 18.3. The van der Waals surface area contributed by atoms with E-state index in [1.54, 1.807) is 30.1 Å². The number of hydrogen-bond acceptors (Lipinski definition) is 2. The number of amides is 1. The number of halogens is 2. The molecule has 1 amide bonds. The summed E-state index contributed by atoms with van der Waals surface area (Å²) >= 11 is 0. The van der Waals surface area contributed by atoms with Gasteiger partial charge in [0.1, 0.15) is 5.82 Å². The van der Waals surface area contributed by atoms with Crippen LogP contribution < -0.4 is 10.6 Å². The molecular weight excluding hydrogens is 458 g/mol. The van der Waals surface area contributed by atoms with Crippen molar-refractivity contribution in [2.24, 2.45) is 4.99 Å². The first kappa shape index (κ1) is 22.9. The molecule has 2 aromatic rings. The quantitative estimate of drug-likeness (QED) is 0.361. The molecule has 7 heteroatoms. The van der Waals surface area contributed by atoms with Crippen molar-refractivity contribution >= 4 is 35.8 Å². The third-order valence-electron chi connectivity index (χ3n) is 3.99. The molecule has 2 N–H and O–H groups in total. The van der Waals surface area contributed by atoms with Crippen LogP contribution in [0.4, 0.5) is 4.39 Å². The molecule has 0 heterocycles. The van der Waals surface area contributed by atoms with Gasteiger partial charge >= 0.3 is 0 Å². The van der Waals surface area contributed by atoms with E-state index < -0.39 is 0 Å². The minimum atomic E-state index is -0.272. The standard InChI is InChI=1S/C20H25FN4O.HI/c1-3-25(15-16-9-5-4-6-10-16)19(26)14-24-20(22-2)23-13-17-11-7-8-12-18(17)21;/h4-12H,3,13-15H2,1-2H3,(H2,22,23,24);1H. The molecule has 0 aliphatic carbocycles. The number of nitrogens with zero attached hydrogens (tertiary/aromatic N) is 2. The zero-order valence-electron chi connectivity index (χ0n) is 15.6. The number of rotatable bonds is 7. The van der Waals surface area contributed by atoms with E-state index >= 15 is 0 Å². The van der Waals surface area contributed by atoms with E-state index in [4.69, 9.17) is 0 Å². The molecule has 0 aliphatic rings. The van der Waals surface area contributed by atoms with Crippen molar-refractivity contribution in [1.82, 2.24) is 15.5 Å². The lowest BCUT2D eigenvalue weighted by molar-refractivity contribution is -0.130. The first-order chi connectivity index (χ1) is 12.6. The van der Waals surface area contributed by atoms with Gasteiger partial charge in [-0.05, 0) is 18.6 Å². The van der Waals surface area contributed by atoms with Crippen LogP contribution in [-0.4, -0.2) is 36.9 Å². The van der Waals surface area contributed by atoms with Crippen LogP contribution in [0.25, 0.3) is 0 Å². The highest BCUT2D eigenvalue weighted by atomic mass is 127. The Balaban J connectivity index is 0.00000364. The summed E-state index contributed by atoms with van der Waals surface area (Å²) in [6.45, 7) is 3.56. The summed E-state index contributed by atoms with van der Waals surface area (Å²) in [6.07, 6.45) is 0. The maximum atomic E-state index is 13.7. The molecule has 0 bridgehead atoms. The molecule has 27 heavy (non-hydrogen) atoms. The number of carbonyl (C=O) groups is 1. The maximum Gasteiger partial charge on any atom is 0.242 e. The summed E-state index contributed by atoms with van der Waals surface area (Å²) in [7, 11) is 1.61. The van der Waals surface area contributed by atoms with Crippen LogP contribution >= 0.6 is 24.0 Å². The summed E-state index contributed by atoms with van der Waals surface area (Å²) < 4.78 is 13.7. The highest BCUT2D eigenvalue weighted by molar-refractivity contribution is 14.0. The van der Waals surface area contributed by atoms with Crippen molar-refractivity contribution in [2.75, 3.05) is 20.1 Å². The molecule has 5 nitrogen and oxygen atoms in total. The number of carbonyl (C=O) groups excluding carboxylic acids is 1. The zero-order valence-corrected chi connectivity index (χ0v) is 17.9. The Hall–Kier alpha value is -2.16. The van der Waals surface area contributed by atoms with Gasteiger partial charge in [0.15, 0.2) is 5.96 Å². The number of guanidine groups is 1. The molecule has 2 rings (SSSR count). The molecule has 2 aromatic carbocycles. The molecule has 0 spiro atoms. The smallest absolute Gasteiger partial charge is 0.242 e. The summed E-state index contributed by atoms with van der Waals surface area (Å²) in [5.41, 5.74) is 1.63. The molecule has 0 radical (unpaired) electrons. The Bertz CT molecular complexity index is 740. The highest BCUT2D eigenvalue weighted by Crippen LogP contribution is 2.06. The topological polar surface area (TPSA) is 56.7 Å². The van der Waals surface area contributed by atoms with Gasteiger partial charge in [-0.15, -0.1) is 24.0 Å². The van der Waals surface area contributed by atoms with Crippen LogP contribution in [0.3, 0.4) is 0 Å². The predicted molar refractivity (Wildman–Crippen MR) is 118 cm³/mol. The number of hydrogen-bond donors (Lipinski definition) is 2. The fourth-order valence-corrected chi connectivity index (χ4v) is 2.49. The van der Waals surface area contributed by atoms with Gasteiger partial charge < -0.3 is 15.5 Å². The predicted octanol–water partition coefficient (Wildman–Crippen LogP) is 3.16. The van der Waals surface area contributed by atoms with Crippen LogP contribution in [0.5, 0.6) is 0 Å². The minimum absolute atomic E-state index is 0. The van der Waals surface area contributed by atoms with Crippen LogP contribution in [0.1, 0.15) is 18.1 Å². The molecule has 0 atom stereocenters. The second-order valence-corrected chi connectivity index (χ2v) is 5.76. The first-order valence-electron chi connectivity index (χ1n) is 8.63. The Labute approximate surface area is 177 Å². The van der Waals surface area contributed by atoms with E-state index in [1.165, 1.54) is 6.07 Å². The van der Waals surface area contributed by atoms with Crippen molar-refractivity contribution in [3.8, 4) is 0 Å². The molecule has 0 saturated heterocycles.